The molecule has 2 saturated heterocycles. The lowest BCUT2D eigenvalue weighted by Gasteiger charge is -2.46. The second-order valence-corrected chi connectivity index (χ2v) is 12.3. The van der Waals surface area contributed by atoms with E-state index in [0.717, 1.165) is 81.8 Å². The number of nitrogens with zero attached hydrogens (tertiary/aromatic N) is 6. The molecule has 1 aromatic carbocycles. The lowest BCUT2D eigenvalue weighted by atomic mass is 9.79. The SMILES string of the molecule is CCCC(c1nc2ccc(CN3CCC(c4cccc(O)c4)(N(C)C)CC3)nc2n1CC)N1C[C@@H](C)N[C@@H](C)C1. The fourth-order valence-corrected chi connectivity index (χ4v) is 7.18. The van der Waals surface area contributed by atoms with Crippen molar-refractivity contribution in [2.75, 3.05) is 40.3 Å². The molecule has 3 atom stereocenters. The number of phenolic OH excluding ortho intramolecular Hbond substituents is 1. The van der Waals surface area contributed by atoms with Gasteiger partial charge in [-0.1, -0.05) is 25.5 Å². The third kappa shape index (κ3) is 5.77. The topological polar surface area (TPSA) is 72.7 Å². The number of likely N-dealkylation sites (tertiary alicyclic amines) is 1. The summed E-state index contributed by atoms with van der Waals surface area (Å²) in [5, 5.41) is 13.8. The zero-order valence-electron chi connectivity index (χ0n) is 25.4. The van der Waals surface area contributed by atoms with Crippen molar-refractivity contribution >= 4 is 11.2 Å². The maximum absolute atomic E-state index is 10.1. The van der Waals surface area contributed by atoms with Crippen LogP contribution >= 0.6 is 0 Å². The van der Waals surface area contributed by atoms with E-state index in [1.165, 1.54) is 11.4 Å². The molecule has 0 aliphatic carbocycles. The van der Waals surface area contributed by atoms with Crippen molar-refractivity contribution in [2.24, 2.45) is 0 Å². The van der Waals surface area contributed by atoms with Gasteiger partial charge < -0.3 is 15.0 Å². The zero-order valence-corrected chi connectivity index (χ0v) is 25.4. The van der Waals surface area contributed by atoms with Gasteiger partial charge in [-0.25, -0.2) is 9.97 Å². The molecule has 40 heavy (non-hydrogen) atoms. The lowest BCUT2D eigenvalue weighted by Crippen LogP contribution is -2.55. The molecule has 2 N–H and O–H groups in total. The summed E-state index contributed by atoms with van der Waals surface area (Å²) < 4.78 is 2.37. The molecule has 0 amide bonds. The molecule has 2 aliphatic rings. The molecule has 0 bridgehead atoms. The number of aryl methyl sites for hydroxylation is 1. The smallest absolute Gasteiger partial charge is 0.160 e. The number of hydrogen-bond acceptors (Lipinski definition) is 7. The van der Waals surface area contributed by atoms with E-state index in [1.807, 2.05) is 12.1 Å². The van der Waals surface area contributed by atoms with E-state index in [2.05, 4.69) is 84.6 Å². The number of aromatic hydroxyl groups is 1. The Morgan fingerprint density at radius 2 is 1.77 bits per heavy atom. The molecule has 4 heterocycles. The number of phenols is 1. The quantitative estimate of drug-likeness (QED) is 0.401. The summed E-state index contributed by atoms with van der Waals surface area (Å²) in [6.07, 6.45) is 4.27. The number of hydrogen-bond donors (Lipinski definition) is 2. The van der Waals surface area contributed by atoms with Gasteiger partial charge in [0.2, 0.25) is 0 Å². The van der Waals surface area contributed by atoms with Gasteiger partial charge >= 0.3 is 0 Å². The Labute approximate surface area is 240 Å². The number of benzene rings is 1. The van der Waals surface area contributed by atoms with Crippen molar-refractivity contribution in [3.63, 3.8) is 0 Å². The molecule has 8 heteroatoms. The van der Waals surface area contributed by atoms with E-state index >= 15 is 0 Å². The fraction of sp³-hybridized carbons (Fsp3) is 0.625. The van der Waals surface area contributed by atoms with Crippen LogP contribution < -0.4 is 5.32 Å². The number of nitrogens with one attached hydrogen (secondary N) is 1. The fourth-order valence-electron chi connectivity index (χ4n) is 7.18. The Balaban J connectivity index is 1.35. The summed E-state index contributed by atoms with van der Waals surface area (Å²) in [4.78, 5) is 17.9. The van der Waals surface area contributed by atoms with Crippen molar-refractivity contribution in [1.82, 2.24) is 34.6 Å². The normalized spacial score (nSPS) is 23.2. The molecule has 3 aromatic rings. The minimum Gasteiger partial charge on any atom is -0.508 e. The van der Waals surface area contributed by atoms with Gasteiger partial charge in [-0.15, -0.1) is 0 Å². The molecular formula is C32H49N7O. The summed E-state index contributed by atoms with van der Waals surface area (Å²) in [6.45, 7) is 14.9. The molecule has 8 nitrogen and oxygen atoms in total. The van der Waals surface area contributed by atoms with Crippen molar-refractivity contribution in [1.29, 1.82) is 0 Å². The number of pyridine rings is 1. The molecule has 0 radical (unpaired) electrons. The van der Waals surface area contributed by atoms with Gasteiger partial charge in [0.25, 0.3) is 0 Å². The summed E-state index contributed by atoms with van der Waals surface area (Å²) in [6, 6.07) is 13.4. The highest BCUT2D eigenvalue weighted by Crippen LogP contribution is 2.39. The number of aromatic nitrogens is 3. The van der Waals surface area contributed by atoms with Crippen LogP contribution in [0.3, 0.4) is 0 Å². The zero-order chi connectivity index (χ0) is 28.4. The first-order chi connectivity index (χ1) is 19.2. The number of rotatable bonds is 9. The largest absolute Gasteiger partial charge is 0.508 e. The van der Waals surface area contributed by atoms with Crippen molar-refractivity contribution in [2.45, 2.75) is 90.1 Å². The third-order valence-electron chi connectivity index (χ3n) is 9.19. The summed E-state index contributed by atoms with van der Waals surface area (Å²) in [5.74, 6) is 1.51. The average molecular weight is 548 g/mol. The Kier molecular flexibility index (Phi) is 8.80. The first kappa shape index (κ1) is 29.0. The van der Waals surface area contributed by atoms with E-state index in [4.69, 9.17) is 9.97 Å². The maximum Gasteiger partial charge on any atom is 0.160 e. The van der Waals surface area contributed by atoms with Gasteiger partial charge in [-0.2, -0.15) is 0 Å². The molecule has 218 valence electrons. The van der Waals surface area contributed by atoms with Crippen LogP contribution in [0.5, 0.6) is 5.75 Å². The highest BCUT2D eigenvalue weighted by Gasteiger charge is 2.38. The molecular weight excluding hydrogens is 498 g/mol. The number of piperazine rings is 1. The number of imidazole rings is 1. The molecule has 5 rings (SSSR count). The Morgan fingerprint density at radius 3 is 2.40 bits per heavy atom. The summed E-state index contributed by atoms with van der Waals surface area (Å²) in [7, 11) is 4.32. The van der Waals surface area contributed by atoms with Crippen LogP contribution in [0.2, 0.25) is 0 Å². The monoisotopic (exact) mass is 547 g/mol. The third-order valence-corrected chi connectivity index (χ3v) is 9.19. The standard InChI is InChI=1S/C32H49N7O/c1-7-10-29(38-20-23(3)33-24(4)21-38)31-35-28-14-13-26(34-30(28)39(31)8-2)22-37-17-15-32(16-18-37,36(5)6)25-11-9-12-27(40)19-25/h9,11-14,19,23-24,29,33,40H,7-8,10,15-18,20-22H2,1-6H3/t23-,24+,29?. The molecule has 2 aliphatic heterocycles. The van der Waals surface area contributed by atoms with Crippen LogP contribution in [0.15, 0.2) is 36.4 Å². The predicted octanol–water partition coefficient (Wildman–Crippen LogP) is 4.73. The van der Waals surface area contributed by atoms with Crippen LogP contribution in [-0.4, -0.2) is 86.7 Å². The Hall–Kier alpha value is -2.52. The molecule has 1 unspecified atom stereocenters. The maximum atomic E-state index is 10.1. The van der Waals surface area contributed by atoms with Crippen molar-refractivity contribution in [3.05, 3.63) is 53.5 Å². The van der Waals surface area contributed by atoms with Gasteiger partial charge in [0, 0.05) is 56.9 Å². The predicted molar refractivity (Wildman–Crippen MR) is 162 cm³/mol. The number of piperidine rings is 1. The highest BCUT2D eigenvalue weighted by molar-refractivity contribution is 5.72. The summed E-state index contributed by atoms with van der Waals surface area (Å²) in [5.41, 5.74) is 4.28. The number of fused-ring (bicyclic) bond motifs is 1. The molecule has 2 aromatic heterocycles. The Bertz CT molecular complexity index is 1270. The minimum absolute atomic E-state index is 0.0599. The van der Waals surface area contributed by atoms with Crippen LogP contribution in [0, 0.1) is 0 Å². The lowest BCUT2D eigenvalue weighted by molar-refractivity contribution is 0.0501. The Morgan fingerprint density at radius 1 is 1.05 bits per heavy atom. The van der Waals surface area contributed by atoms with Crippen LogP contribution in [-0.2, 0) is 18.6 Å². The van der Waals surface area contributed by atoms with Gasteiger partial charge in [0.15, 0.2) is 5.65 Å². The van der Waals surface area contributed by atoms with Crippen LogP contribution in [0.4, 0.5) is 0 Å². The molecule has 0 saturated carbocycles. The van der Waals surface area contributed by atoms with E-state index in [9.17, 15) is 5.11 Å². The molecule has 0 spiro atoms. The van der Waals surface area contributed by atoms with E-state index in [0.29, 0.717) is 23.9 Å². The second kappa shape index (κ2) is 12.1. The average Bonchev–Trinajstić information content (AvgIpc) is 3.29. The van der Waals surface area contributed by atoms with Gasteiger partial charge in [-0.3, -0.25) is 14.7 Å². The first-order valence-electron chi connectivity index (χ1n) is 15.3. The van der Waals surface area contributed by atoms with Gasteiger partial charge in [-0.05, 0) is 84.0 Å². The summed E-state index contributed by atoms with van der Waals surface area (Å²) >= 11 is 0. The van der Waals surface area contributed by atoms with E-state index < -0.39 is 0 Å². The van der Waals surface area contributed by atoms with Gasteiger partial charge in [0.1, 0.15) is 17.1 Å². The van der Waals surface area contributed by atoms with Crippen LogP contribution in [0.1, 0.15) is 76.5 Å². The molecule has 2 fully saturated rings. The van der Waals surface area contributed by atoms with Gasteiger partial charge in [0.05, 0.1) is 11.7 Å². The second-order valence-electron chi connectivity index (χ2n) is 12.3. The van der Waals surface area contributed by atoms with Crippen LogP contribution in [0.25, 0.3) is 11.2 Å². The van der Waals surface area contributed by atoms with Crippen molar-refractivity contribution < 1.29 is 5.11 Å². The minimum atomic E-state index is -0.0599. The van der Waals surface area contributed by atoms with E-state index in [-0.39, 0.29) is 5.54 Å². The van der Waals surface area contributed by atoms with E-state index in [1.54, 1.807) is 6.07 Å². The highest BCUT2D eigenvalue weighted by atomic mass is 16.3. The first-order valence-corrected chi connectivity index (χ1v) is 15.3. The van der Waals surface area contributed by atoms with Crippen molar-refractivity contribution in [3.8, 4) is 5.75 Å².